The van der Waals surface area contributed by atoms with Crippen LogP contribution in [0, 0.1) is 13.8 Å². The smallest absolute Gasteiger partial charge is 0.273 e. The first kappa shape index (κ1) is 18.2. The van der Waals surface area contributed by atoms with Gasteiger partial charge in [0.05, 0.1) is 11.0 Å². The van der Waals surface area contributed by atoms with E-state index in [0.717, 1.165) is 18.4 Å². The van der Waals surface area contributed by atoms with Crippen LogP contribution in [0.15, 0.2) is 34.7 Å². The highest BCUT2D eigenvalue weighted by atomic mass is 16.3. The average molecular weight is 354 g/mol. The minimum Gasteiger partial charge on any atom is -0.466 e. The van der Waals surface area contributed by atoms with Gasteiger partial charge >= 0.3 is 0 Å². The van der Waals surface area contributed by atoms with Crippen LogP contribution in [0.5, 0.6) is 0 Å². The van der Waals surface area contributed by atoms with Gasteiger partial charge < -0.3 is 4.42 Å². The number of rotatable bonds is 3. The average Bonchev–Trinajstić information content (AvgIpc) is 3.31. The Labute approximate surface area is 154 Å². The van der Waals surface area contributed by atoms with Crippen molar-refractivity contribution in [2.75, 3.05) is 0 Å². The van der Waals surface area contributed by atoms with Gasteiger partial charge in [-0.1, -0.05) is 45.0 Å². The number of aryl methyl sites for hydroxylation is 2. The Balaban J connectivity index is 1.68. The number of hydrogen-bond acceptors (Lipinski definition) is 3. The topological polar surface area (TPSA) is 71.3 Å². The number of nitrogens with one attached hydrogen (secondary N) is 2. The summed E-state index contributed by atoms with van der Waals surface area (Å²) in [5, 5.41) is 0. The van der Waals surface area contributed by atoms with Crippen LogP contribution in [-0.2, 0) is 15.6 Å². The van der Waals surface area contributed by atoms with Crippen molar-refractivity contribution >= 4 is 11.8 Å². The highest BCUT2D eigenvalue weighted by Gasteiger charge is 2.51. The van der Waals surface area contributed by atoms with Crippen molar-refractivity contribution in [1.82, 2.24) is 10.9 Å². The highest BCUT2D eigenvalue weighted by molar-refractivity contribution is 5.98. The molecule has 1 aliphatic carbocycles. The lowest BCUT2D eigenvalue weighted by Crippen LogP contribution is -2.46. The van der Waals surface area contributed by atoms with E-state index in [0.29, 0.717) is 17.1 Å². The third kappa shape index (κ3) is 3.39. The summed E-state index contributed by atoms with van der Waals surface area (Å²) in [5.41, 5.74) is 7.29. The Kier molecular flexibility index (Phi) is 4.42. The van der Waals surface area contributed by atoms with Gasteiger partial charge in [-0.3, -0.25) is 20.4 Å². The molecule has 0 atom stereocenters. The standard InChI is InChI=1S/C21H26N2O3/c1-13-12-17(14(2)26-13)18(24)22-23-19(25)21(10-11-21)16-8-6-15(7-9-16)20(3,4)5/h6-9,12H,10-11H2,1-5H3,(H,22,24)(H,23,25). The van der Waals surface area contributed by atoms with Crippen molar-refractivity contribution in [3.63, 3.8) is 0 Å². The first-order chi connectivity index (χ1) is 12.1. The third-order valence-corrected chi connectivity index (χ3v) is 5.06. The molecule has 5 nitrogen and oxygen atoms in total. The molecule has 2 N–H and O–H groups in total. The van der Waals surface area contributed by atoms with Gasteiger partial charge in [-0.15, -0.1) is 0 Å². The maximum Gasteiger partial charge on any atom is 0.273 e. The van der Waals surface area contributed by atoms with Gasteiger partial charge in [-0.05, 0) is 49.3 Å². The van der Waals surface area contributed by atoms with Gasteiger partial charge in [0.1, 0.15) is 11.5 Å². The van der Waals surface area contributed by atoms with E-state index in [4.69, 9.17) is 4.42 Å². The molecule has 0 unspecified atom stereocenters. The lowest BCUT2D eigenvalue weighted by molar-refractivity contribution is -0.124. The molecule has 3 rings (SSSR count). The molecule has 0 spiro atoms. The SMILES string of the molecule is Cc1cc(C(=O)NNC(=O)C2(c3ccc(C(C)(C)C)cc3)CC2)c(C)o1. The van der Waals surface area contributed by atoms with Crippen molar-refractivity contribution in [3.8, 4) is 0 Å². The van der Waals surface area contributed by atoms with Gasteiger partial charge in [0.25, 0.3) is 5.91 Å². The van der Waals surface area contributed by atoms with Gasteiger partial charge in [0, 0.05) is 0 Å². The summed E-state index contributed by atoms with van der Waals surface area (Å²) in [6.45, 7) is 10.00. The largest absolute Gasteiger partial charge is 0.466 e. The molecule has 1 aromatic carbocycles. The summed E-state index contributed by atoms with van der Waals surface area (Å²) in [6.07, 6.45) is 1.57. The minimum atomic E-state index is -0.537. The number of hydrogen-bond donors (Lipinski definition) is 2. The fourth-order valence-corrected chi connectivity index (χ4v) is 3.22. The summed E-state index contributed by atoms with van der Waals surface area (Å²) >= 11 is 0. The Morgan fingerprint density at radius 2 is 1.65 bits per heavy atom. The van der Waals surface area contributed by atoms with Crippen LogP contribution in [0.4, 0.5) is 0 Å². The molecule has 0 saturated heterocycles. The molecule has 1 fully saturated rings. The second-order valence-corrected chi connectivity index (χ2v) is 8.14. The van der Waals surface area contributed by atoms with E-state index in [1.165, 1.54) is 5.56 Å². The second-order valence-electron chi connectivity index (χ2n) is 8.14. The molecule has 2 aromatic rings. The first-order valence-corrected chi connectivity index (χ1v) is 8.92. The molecular weight excluding hydrogens is 328 g/mol. The van der Waals surface area contributed by atoms with Crippen LogP contribution in [0.2, 0.25) is 0 Å². The van der Waals surface area contributed by atoms with E-state index in [2.05, 4.69) is 43.8 Å². The molecule has 26 heavy (non-hydrogen) atoms. The summed E-state index contributed by atoms with van der Waals surface area (Å²) < 4.78 is 5.36. The van der Waals surface area contributed by atoms with Gasteiger partial charge in [0.15, 0.2) is 0 Å². The van der Waals surface area contributed by atoms with Crippen LogP contribution >= 0.6 is 0 Å². The number of furan rings is 1. The Hall–Kier alpha value is -2.56. The zero-order chi connectivity index (χ0) is 19.1. The number of hydrazine groups is 1. The zero-order valence-corrected chi connectivity index (χ0v) is 16.0. The van der Waals surface area contributed by atoms with Crippen LogP contribution < -0.4 is 10.9 Å². The van der Waals surface area contributed by atoms with Crippen molar-refractivity contribution in [2.24, 2.45) is 0 Å². The van der Waals surface area contributed by atoms with E-state index in [9.17, 15) is 9.59 Å². The van der Waals surface area contributed by atoms with E-state index in [-0.39, 0.29) is 17.2 Å². The van der Waals surface area contributed by atoms with Crippen LogP contribution in [0.3, 0.4) is 0 Å². The normalized spacial score (nSPS) is 15.4. The van der Waals surface area contributed by atoms with Crippen LogP contribution in [0.1, 0.15) is 66.6 Å². The fourth-order valence-electron chi connectivity index (χ4n) is 3.22. The fraction of sp³-hybridized carbons (Fsp3) is 0.429. The molecule has 1 heterocycles. The molecule has 5 heteroatoms. The molecule has 138 valence electrons. The Morgan fingerprint density at radius 3 is 2.12 bits per heavy atom. The Morgan fingerprint density at radius 1 is 1.04 bits per heavy atom. The second kappa shape index (κ2) is 6.31. The summed E-state index contributed by atoms with van der Waals surface area (Å²) in [4.78, 5) is 24.9. The number of amides is 2. The number of carbonyl (C=O) groups is 2. The van der Waals surface area contributed by atoms with E-state index in [1.54, 1.807) is 19.9 Å². The minimum absolute atomic E-state index is 0.0755. The molecule has 2 amide bonds. The zero-order valence-electron chi connectivity index (χ0n) is 16.0. The van der Waals surface area contributed by atoms with Gasteiger partial charge in [0.2, 0.25) is 5.91 Å². The maximum atomic E-state index is 12.7. The van der Waals surface area contributed by atoms with E-state index in [1.807, 2.05) is 12.1 Å². The van der Waals surface area contributed by atoms with Crippen molar-refractivity contribution in [2.45, 2.75) is 58.3 Å². The molecular formula is C21H26N2O3. The lowest BCUT2D eigenvalue weighted by atomic mass is 9.85. The van der Waals surface area contributed by atoms with Gasteiger partial charge in [-0.2, -0.15) is 0 Å². The van der Waals surface area contributed by atoms with E-state index < -0.39 is 5.41 Å². The molecule has 0 aliphatic heterocycles. The van der Waals surface area contributed by atoms with Crippen LogP contribution in [-0.4, -0.2) is 11.8 Å². The quantitative estimate of drug-likeness (QED) is 0.826. The molecule has 1 aliphatic rings. The Bertz CT molecular complexity index is 837. The molecule has 1 aromatic heterocycles. The third-order valence-electron chi connectivity index (χ3n) is 5.06. The molecule has 0 radical (unpaired) electrons. The molecule has 1 saturated carbocycles. The van der Waals surface area contributed by atoms with Crippen molar-refractivity contribution in [3.05, 3.63) is 58.5 Å². The van der Waals surface area contributed by atoms with Gasteiger partial charge in [-0.25, -0.2) is 0 Å². The van der Waals surface area contributed by atoms with Crippen LogP contribution in [0.25, 0.3) is 0 Å². The lowest BCUT2D eigenvalue weighted by Gasteiger charge is -2.21. The summed E-state index contributed by atoms with van der Waals surface area (Å²) in [7, 11) is 0. The monoisotopic (exact) mass is 354 g/mol. The summed E-state index contributed by atoms with van der Waals surface area (Å²) in [6, 6.07) is 9.88. The van der Waals surface area contributed by atoms with Crippen molar-refractivity contribution in [1.29, 1.82) is 0 Å². The first-order valence-electron chi connectivity index (χ1n) is 8.92. The van der Waals surface area contributed by atoms with E-state index >= 15 is 0 Å². The number of benzene rings is 1. The predicted molar refractivity (Wildman–Crippen MR) is 99.8 cm³/mol. The highest BCUT2D eigenvalue weighted by Crippen LogP contribution is 2.48. The van der Waals surface area contributed by atoms with Crippen molar-refractivity contribution < 1.29 is 14.0 Å². The molecule has 0 bridgehead atoms. The maximum absolute atomic E-state index is 12.7. The number of carbonyl (C=O) groups excluding carboxylic acids is 2. The predicted octanol–water partition coefficient (Wildman–Crippen LogP) is 3.69. The summed E-state index contributed by atoms with van der Waals surface area (Å²) in [5.74, 6) is 0.656.